The Balaban J connectivity index is 1.57. The lowest BCUT2D eigenvalue weighted by Gasteiger charge is -2.45. The van der Waals surface area contributed by atoms with E-state index in [0.717, 1.165) is 11.1 Å². The third-order valence-electron chi connectivity index (χ3n) is 6.94. The van der Waals surface area contributed by atoms with Gasteiger partial charge in [0, 0.05) is 23.7 Å². The van der Waals surface area contributed by atoms with E-state index in [9.17, 15) is 14.0 Å². The molecule has 2 amide bonds. The van der Waals surface area contributed by atoms with Crippen molar-refractivity contribution >= 4 is 23.4 Å². The maximum Gasteiger partial charge on any atom is 0.254 e. The molecule has 0 fully saturated rings. The van der Waals surface area contributed by atoms with E-state index in [0.29, 0.717) is 54.4 Å². The first-order valence-corrected chi connectivity index (χ1v) is 12.8. The maximum atomic E-state index is 13.8. The normalized spacial score (nSPS) is 17.9. The van der Waals surface area contributed by atoms with Gasteiger partial charge in [-0.2, -0.15) is 0 Å². The number of nitrogens with one attached hydrogen (secondary N) is 1. The lowest BCUT2D eigenvalue weighted by atomic mass is 9.75. The molecule has 6 nitrogen and oxygen atoms in total. The molecule has 0 radical (unpaired) electrons. The number of amides is 2. The molecule has 5 rings (SSSR count). The molecule has 0 bridgehead atoms. The number of nitrogens with zero attached hydrogens (tertiary/aromatic N) is 1. The van der Waals surface area contributed by atoms with Gasteiger partial charge >= 0.3 is 0 Å². The molecule has 2 atom stereocenters. The molecule has 0 aromatic heterocycles. The van der Waals surface area contributed by atoms with Gasteiger partial charge in [-0.1, -0.05) is 35.9 Å². The van der Waals surface area contributed by atoms with Gasteiger partial charge in [0.1, 0.15) is 5.82 Å². The Morgan fingerprint density at radius 3 is 2.51 bits per heavy atom. The van der Waals surface area contributed by atoms with Crippen LogP contribution in [0.15, 0.2) is 54.6 Å². The Hall–Kier alpha value is -3.58. The van der Waals surface area contributed by atoms with E-state index >= 15 is 0 Å². The largest absolute Gasteiger partial charge is 0.490 e. The van der Waals surface area contributed by atoms with Gasteiger partial charge in [-0.15, -0.1) is 0 Å². The Morgan fingerprint density at radius 2 is 1.78 bits per heavy atom. The first kappa shape index (κ1) is 25.1. The van der Waals surface area contributed by atoms with Crippen molar-refractivity contribution in [2.24, 2.45) is 0 Å². The fourth-order valence-corrected chi connectivity index (χ4v) is 5.55. The number of rotatable bonds is 7. The fraction of sp³-hybridized carbons (Fsp3) is 0.310. The summed E-state index contributed by atoms with van der Waals surface area (Å²) in [6.07, 6.45) is 0.645. The fourth-order valence-electron chi connectivity index (χ4n) is 5.31. The molecular formula is C29H28ClFN2O4. The van der Waals surface area contributed by atoms with E-state index in [-0.39, 0.29) is 23.4 Å². The first-order chi connectivity index (χ1) is 17.9. The lowest BCUT2D eigenvalue weighted by molar-refractivity contribution is -0.124. The van der Waals surface area contributed by atoms with E-state index < -0.39 is 17.8 Å². The van der Waals surface area contributed by atoms with Crippen molar-refractivity contribution in [2.45, 2.75) is 38.8 Å². The third-order valence-corrected chi connectivity index (χ3v) is 7.29. The van der Waals surface area contributed by atoms with Crippen LogP contribution in [0.1, 0.15) is 58.4 Å². The highest BCUT2D eigenvalue weighted by molar-refractivity contribution is 6.31. The molecule has 2 aliphatic rings. The summed E-state index contributed by atoms with van der Waals surface area (Å²) in [7, 11) is 0. The molecule has 192 valence electrons. The summed E-state index contributed by atoms with van der Waals surface area (Å²) in [5, 5.41) is 3.22. The van der Waals surface area contributed by atoms with E-state index in [1.54, 1.807) is 17.0 Å². The van der Waals surface area contributed by atoms with Gasteiger partial charge in [0.25, 0.3) is 5.91 Å². The van der Waals surface area contributed by atoms with Gasteiger partial charge in [0.05, 0.1) is 25.2 Å². The van der Waals surface area contributed by atoms with Crippen LogP contribution >= 0.6 is 11.6 Å². The van der Waals surface area contributed by atoms with Crippen molar-refractivity contribution < 1.29 is 23.5 Å². The molecule has 37 heavy (non-hydrogen) atoms. The Bertz CT molecular complexity index is 1360. The van der Waals surface area contributed by atoms with Crippen molar-refractivity contribution in [1.29, 1.82) is 0 Å². The summed E-state index contributed by atoms with van der Waals surface area (Å²) in [5.41, 5.74) is 3.72. The average Bonchev–Trinajstić information content (AvgIpc) is 2.89. The van der Waals surface area contributed by atoms with Crippen molar-refractivity contribution in [1.82, 2.24) is 10.2 Å². The highest BCUT2D eigenvalue weighted by Crippen LogP contribution is 2.48. The van der Waals surface area contributed by atoms with Gasteiger partial charge in [-0.3, -0.25) is 9.59 Å². The van der Waals surface area contributed by atoms with Gasteiger partial charge in [-0.05, 0) is 72.9 Å². The summed E-state index contributed by atoms with van der Waals surface area (Å²) in [6.45, 7) is 5.39. The minimum absolute atomic E-state index is 0.0938. The Labute approximate surface area is 220 Å². The molecule has 0 saturated carbocycles. The number of carbonyl (C=O) groups is 2. The maximum absolute atomic E-state index is 13.8. The molecule has 0 aliphatic carbocycles. The number of fused-ring (bicyclic) bond motifs is 4. The van der Waals surface area contributed by atoms with Crippen LogP contribution in [0.5, 0.6) is 11.5 Å². The monoisotopic (exact) mass is 522 g/mol. The second-order valence-corrected chi connectivity index (χ2v) is 9.48. The standard InChI is InChI=1S/C29H28ClFN2O4/c1-3-36-24-13-17-11-12-33-27(22(17)15-25(24)37-4-2)26(20-7-5-6-8-21(20)29(33)35)28(34)32-16-18-9-10-19(31)14-23(18)30/h5-10,13-15,26-27H,3-4,11-12,16H2,1-2H3,(H,32,34)/t26-,27+/m0/s1. The molecule has 0 spiro atoms. The molecular weight excluding hydrogens is 495 g/mol. The van der Waals surface area contributed by atoms with Crippen LogP contribution in [0, 0.1) is 5.82 Å². The van der Waals surface area contributed by atoms with Crippen molar-refractivity contribution in [2.75, 3.05) is 19.8 Å². The minimum Gasteiger partial charge on any atom is -0.490 e. The predicted octanol–water partition coefficient (Wildman–Crippen LogP) is 5.43. The lowest BCUT2D eigenvalue weighted by Crippen LogP contribution is -2.50. The van der Waals surface area contributed by atoms with Crippen molar-refractivity contribution in [3.8, 4) is 11.5 Å². The summed E-state index contributed by atoms with van der Waals surface area (Å²) in [5.74, 6) is -0.177. The first-order valence-electron chi connectivity index (χ1n) is 12.5. The molecule has 1 N–H and O–H groups in total. The topological polar surface area (TPSA) is 67.9 Å². The summed E-state index contributed by atoms with van der Waals surface area (Å²) >= 11 is 6.19. The van der Waals surface area contributed by atoms with Crippen LogP contribution in [0.3, 0.4) is 0 Å². The smallest absolute Gasteiger partial charge is 0.254 e. The highest BCUT2D eigenvalue weighted by atomic mass is 35.5. The van der Waals surface area contributed by atoms with Gasteiger partial charge in [0.2, 0.25) is 5.91 Å². The van der Waals surface area contributed by atoms with Gasteiger partial charge in [-0.25, -0.2) is 4.39 Å². The summed E-state index contributed by atoms with van der Waals surface area (Å²) in [4.78, 5) is 29.2. The molecule has 2 heterocycles. The van der Waals surface area contributed by atoms with Gasteiger partial charge in [0.15, 0.2) is 11.5 Å². The number of carbonyl (C=O) groups excluding carboxylic acids is 2. The zero-order valence-electron chi connectivity index (χ0n) is 20.7. The molecule has 3 aromatic carbocycles. The van der Waals surface area contributed by atoms with Crippen molar-refractivity contribution in [3.05, 3.63) is 93.3 Å². The van der Waals surface area contributed by atoms with E-state index in [4.69, 9.17) is 21.1 Å². The number of hydrogen-bond acceptors (Lipinski definition) is 4. The molecule has 0 unspecified atom stereocenters. The van der Waals surface area contributed by atoms with Crippen LogP contribution in [0.25, 0.3) is 0 Å². The van der Waals surface area contributed by atoms with Crippen LogP contribution < -0.4 is 14.8 Å². The van der Waals surface area contributed by atoms with Crippen molar-refractivity contribution in [3.63, 3.8) is 0 Å². The van der Waals surface area contributed by atoms with Gasteiger partial charge < -0.3 is 19.7 Å². The number of hydrogen-bond donors (Lipinski definition) is 1. The van der Waals surface area contributed by atoms with Crippen LogP contribution in [0.2, 0.25) is 5.02 Å². The van der Waals surface area contributed by atoms with Crippen LogP contribution in [0.4, 0.5) is 4.39 Å². The molecule has 0 saturated heterocycles. The number of halogens is 2. The predicted molar refractivity (Wildman–Crippen MR) is 139 cm³/mol. The van der Waals surface area contributed by atoms with E-state index in [1.807, 2.05) is 44.2 Å². The quantitative estimate of drug-likeness (QED) is 0.449. The second kappa shape index (κ2) is 10.4. The Kier molecular flexibility index (Phi) is 7.07. The zero-order valence-corrected chi connectivity index (χ0v) is 21.5. The van der Waals surface area contributed by atoms with E-state index in [1.165, 1.54) is 12.1 Å². The average molecular weight is 523 g/mol. The van der Waals surface area contributed by atoms with Crippen LogP contribution in [-0.2, 0) is 17.8 Å². The summed E-state index contributed by atoms with van der Waals surface area (Å²) < 4.78 is 25.2. The third kappa shape index (κ3) is 4.64. The van der Waals surface area contributed by atoms with E-state index in [2.05, 4.69) is 5.32 Å². The number of ether oxygens (including phenoxy) is 2. The molecule has 3 aromatic rings. The second-order valence-electron chi connectivity index (χ2n) is 9.08. The SMILES string of the molecule is CCOc1cc2c(cc1OCC)[C@@H]1[C@@H](C(=O)NCc3ccc(F)cc3Cl)c3ccccc3C(=O)N1CC2. The van der Waals surface area contributed by atoms with Crippen LogP contribution in [-0.4, -0.2) is 36.5 Å². The number of benzene rings is 3. The zero-order chi connectivity index (χ0) is 26.1. The minimum atomic E-state index is -0.653. The summed E-state index contributed by atoms with van der Waals surface area (Å²) in [6, 6.07) is 14.7. The molecule has 8 heteroatoms. The molecule has 2 aliphatic heterocycles. The Morgan fingerprint density at radius 1 is 1.05 bits per heavy atom. The highest BCUT2D eigenvalue weighted by Gasteiger charge is 2.46.